The molecule has 1 saturated heterocycles. The summed E-state index contributed by atoms with van der Waals surface area (Å²) >= 11 is 0. The number of rotatable bonds is 4. The molecule has 0 aromatic heterocycles. The third kappa shape index (κ3) is 4.25. The van der Waals surface area contributed by atoms with Crippen molar-refractivity contribution >= 4 is 5.91 Å². The molecular weight excluding hydrogens is 228 g/mol. The van der Waals surface area contributed by atoms with Crippen molar-refractivity contribution in [2.45, 2.75) is 64.5 Å². The Morgan fingerprint density at radius 1 is 1.11 bits per heavy atom. The van der Waals surface area contributed by atoms with Gasteiger partial charge in [-0.3, -0.25) is 4.79 Å². The molecule has 0 unspecified atom stereocenters. The Morgan fingerprint density at radius 3 is 2.06 bits per heavy atom. The van der Waals surface area contributed by atoms with Crippen LogP contribution in [0.4, 0.5) is 0 Å². The van der Waals surface area contributed by atoms with Crippen molar-refractivity contribution in [3.05, 3.63) is 0 Å². The summed E-state index contributed by atoms with van der Waals surface area (Å²) in [6, 6.07) is 0. The lowest BCUT2D eigenvalue weighted by Gasteiger charge is -2.38. The maximum Gasteiger partial charge on any atom is 0.236 e. The molecule has 1 aliphatic rings. The summed E-state index contributed by atoms with van der Waals surface area (Å²) in [5, 5.41) is 13.2. The van der Waals surface area contributed by atoms with Gasteiger partial charge in [-0.05, 0) is 40.5 Å². The van der Waals surface area contributed by atoms with E-state index in [4.69, 9.17) is 0 Å². The maximum atomic E-state index is 12.1. The van der Waals surface area contributed by atoms with Gasteiger partial charge in [0.15, 0.2) is 0 Å². The first kappa shape index (κ1) is 15.4. The van der Waals surface area contributed by atoms with Gasteiger partial charge in [-0.2, -0.15) is 0 Å². The number of hydrogen-bond acceptors (Lipinski definition) is 3. The molecule has 0 aromatic rings. The largest absolute Gasteiger partial charge is 0.389 e. The van der Waals surface area contributed by atoms with Crippen LogP contribution >= 0.6 is 0 Å². The minimum atomic E-state index is -0.855. The van der Waals surface area contributed by atoms with E-state index in [1.807, 2.05) is 18.7 Å². The van der Waals surface area contributed by atoms with E-state index in [1.54, 1.807) is 13.8 Å². The summed E-state index contributed by atoms with van der Waals surface area (Å²) < 4.78 is 0. The van der Waals surface area contributed by atoms with E-state index in [9.17, 15) is 9.90 Å². The molecule has 1 aliphatic heterocycles. The lowest BCUT2D eigenvalue weighted by Crippen LogP contribution is -2.58. The third-order valence-electron chi connectivity index (χ3n) is 4.17. The predicted octanol–water partition coefficient (Wildman–Crippen LogP) is 1.53. The standard InChI is InChI=1S/C14H28N2O2/c1-13(2,14(3,4)18)15-11-12(17)16-9-7-5-6-8-10-16/h15,18H,5-11H2,1-4H3. The topological polar surface area (TPSA) is 52.6 Å². The molecule has 1 rings (SSSR count). The van der Waals surface area contributed by atoms with Crippen LogP contribution in [0.5, 0.6) is 0 Å². The molecule has 0 radical (unpaired) electrons. The Balaban J connectivity index is 2.45. The maximum absolute atomic E-state index is 12.1. The second kappa shape index (κ2) is 6.02. The van der Waals surface area contributed by atoms with Gasteiger partial charge in [-0.25, -0.2) is 0 Å². The minimum Gasteiger partial charge on any atom is -0.389 e. The monoisotopic (exact) mass is 256 g/mol. The summed E-state index contributed by atoms with van der Waals surface area (Å²) in [7, 11) is 0. The number of hydrogen-bond donors (Lipinski definition) is 2. The van der Waals surface area contributed by atoms with Crippen LogP contribution in [-0.4, -0.2) is 46.7 Å². The number of nitrogens with one attached hydrogen (secondary N) is 1. The van der Waals surface area contributed by atoms with Gasteiger partial charge in [0, 0.05) is 18.6 Å². The van der Waals surface area contributed by atoms with Gasteiger partial charge < -0.3 is 15.3 Å². The highest BCUT2D eigenvalue weighted by atomic mass is 16.3. The van der Waals surface area contributed by atoms with Crippen molar-refractivity contribution in [2.24, 2.45) is 0 Å². The fourth-order valence-corrected chi connectivity index (χ4v) is 1.94. The summed E-state index contributed by atoms with van der Waals surface area (Å²) in [6.07, 6.45) is 4.68. The molecule has 106 valence electrons. The Morgan fingerprint density at radius 2 is 1.61 bits per heavy atom. The van der Waals surface area contributed by atoms with E-state index in [1.165, 1.54) is 12.8 Å². The van der Waals surface area contributed by atoms with E-state index in [0.717, 1.165) is 25.9 Å². The van der Waals surface area contributed by atoms with Gasteiger partial charge in [0.2, 0.25) is 5.91 Å². The van der Waals surface area contributed by atoms with Crippen LogP contribution in [0.1, 0.15) is 53.4 Å². The zero-order valence-corrected chi connectivity index (χ0v) is 12.3. The molecule has 0 saturated carbocycles. The number of likely N-dealkylation sites (tertiary alicyclic amines) is 1. The summed E-state index contributed by atoms with van der Waals surface area (Å²) in [5.41, 5.74) is -1.33. The Kier molecular flexibility index (Phi) is 5.17. The number of carbonyl (C=O) groups is 1. The molecule has 0 spiro atoms. The van der Waals surface area contributed by atoms with E-state index >= 15 is 0 Å². The van der Waals surface area contributed by atoms with Crippen molar-refractivity contribution in [2.75, 3.05) is 19.6 Å². The van der Waals surface area contributed by atoms with Gasteiger partial charge >= 0.3 is 0 Å². The van der Waals surface area contributed by atoms with Gasteiger partial charge in [0.05, 0.1) is 12.1 Å². The van der Waals surface area contributed by atoms with Crippen LogP contribution in [0.15, 0.2) is 0 Å². The fraction of sp³-hybridized carbons (Fsp3) is 0.929. The highest BCUT2D eigenvalue weighted by Gasteiger charge is 2.35. The number of amides is 1. The van der Waals surface area contributed by atoms with Crippen LogP contribution in [0, 0.1) is 0 Å². The van der Waals surface area contributed by atoms with E-state index < -0.39 is 11.1 Å². The molecule has 0 atom stereocenters. The van der Waals surface area contributed by atoms with Gasteiger partial charge in [-0.1, -0.05) is 12.8 Å². The first-order valence-corrected chi connectivity index (χ1v) is 6.99. The zero-order valence-electron chi connectivity index (χ0n) is 12.3. The molecule has 4 nitrogen and oxygen atoms in total. The van der Waals surface area contributed by atoms with Gasteiger partial charge in [0.25, 0.3) is 0 Å². The zero-order chi connectivity index (χ0) is 13.8. The highest BCUT2D eigenvalue weighted by Crippen LogP contribution is 2.20. The molecule has 4 heteroatoms. The highest BCUT2D eigenvalue weighted by molar-refractivity contribution is 5.78. The molecule has 1 amide bonds. The van der Waals surface area contributed by atoms with Crippen molar-refractivity contribution in [1.29, 1.82) is 0 Å². The summed E-state index contributed by atoms with van der Waals surface area (Å²) in [4.78, 5) is 14.1. The molecule has 1 heterocycles. The quantitative estimate of drug-likeness (QED) is 0.802. The Hall–Kier alpha value is -0.610. The van der Waals surface area contributed by atoms with Crippen molar-refractivity contribution in [3.8, 4) is 0 Å². The number of nitrogens with zero attached hydrogens (tertiary/aromatic N) is 1. The molecule has 18 heavy (non-hydrogen) atoms. The van der Waals surface area contributed by atoms with Crippen molar-refractivity contribution < 1.29 is 9.90 Å². The molecular formula is C14H28N2O2. The van der Waals surface area contributed by atoms with E-state index in [-0.39, 0.29) is 5.91 Å². The lowest BCUT2D eigenvalue weighted by molar-refractivity contribution is -0.131. The summed E-state index contributed by atoms with van der Waals surface area (Å²) in [5.74, 6) is 0.147. The molecule has 1 fully saturated rings. The second-order valence-electron chi connectivity index (χ2n) is 6.33. The summed E-state index contributed by atoms with van der Waals surface area (Å²) in [6.45, 7) is 9.42. The molecule has 0 bridgehead atoms. The normalized spacial score (nSPS) is 18.6. The van der Waals surface area contributed by atoms with E-state index in [0.29, 0.717) is 6.54 Å². The first-order valence-electron chi connectivity index (χ1n) is 6.99. The Labute approximate surface area is 111 Å². The van der Waals surface area contributed by atoms with Crippen LogP contribution in [0.25, 0.3) is 0 Å². The minimum absolute atomic E-state index is 0.147. The SMILES string of the molecule is CC(C)(O)C(C)(C)NCC(=O)N1CCCCCC1. The predicted molar refractivity (Wildman–Crippen MR) is 73.4 cm³/mol. The van der Waals surface area contributed by atoms with Gasteiger partial charge in [-0.15, -0.1) is 0 Å². The van der Waals surface area contributed by atoms with Crippen LogP contribution in [0.3, 0.4) is 0 Å². The first-order chi connectivity index (χ1) is 8.24. The fourth-order valence-electron chi connectivity index (χ4n) is 1.94. The van der Waals surface area contributed by atoms with Crippen molar-refractivity contribution in [3.63, 3.8) is 0 Å². The average Bonchev–Trinajstić information content (AvgIpc) is 2.52. The average molecular weight is 256 g/mol. The third-order valence-corrected chi connectivity index (χ3v) is 4.17. The lowest BCUT2D eigenvalue weighted by atomic mass is 9.86. The molecule has 0 aromatic carbocycles. The second-order valence-corrected chi connectivity index (χ2v) is 6.33. The number of carbonyl (C=O) groups excluding carboxylic acids is 1. The van der Waals surface area contributed by atoms with Crippen LogP contribution in [-0.2, 0) is 4.79 Å². The Bertz CT molecular complexity index is 274. The molecule has 0 aliphatic carbocycles. The van der Waals surface area contributed by atoms with E-state index in [2.05, 4.69) is 5.32 Å². The number of aliphatic hydroxyl groups is 1. The van der Waals surface area contributed by atoms with Crippen molar-refractivity contribution in [1.82, 2.24) is 10.2 Å². The van der Waals surface area contributed by atoms with Gasteiger partial charge in [0.1, 0.15) is 0 Å². The molecule has 2 N–H and O–H groups in total. The van der Waals surface area contributed by atoms with Crippen LogP contribution < -0.4 is 5.32 Å². The van der Waals surface area contributed by atoms with Crippen LogP contribution in [0.2, 0.25) is 0 Å². The smallest absolute Gasteiger partial charge is 0.236 e.